The summed E-state index contributed by atoms with van der Waals surface area (Å²) >= 11 is 1.51. The Hall–Kier alpha value is -2.28. The zero-order valence-corrected chi connectivity index (χ0v) is 13.8. The van der Waals surface area contributed by atoms with Crippen LogP contribution in [0.4, 0.5) is 8.78 Å². The maximum absolute atomic E-state index is 13.6. The summed E-state index contributed by atoms with van der Waals surface area (Å²) < 4.78 is 31.8. The van der Waals surface area contributed by atoms with Crippen LogP contribution in [0.15, 0.2) is 34.3 Å². The molecular formula is C18H12F2O4S. The second-order valence-corrected chi connectivity index (χ2v) is 7.24. The third kappa shape index (κ3) is 2.54. The van der Waals surface area contributed by atoms with Gasteiger partial charge in [-0.05, 0) is 29.0 Å². The van der Waals surface area contributed by atoms with Crippen LogP contribution in [0.3, 0.4) is 0 Å². The van der Waals surface area contributed by atoms with Crippen LogP contribution in [-0.4, -0.2) is 29.9 Å². The molecule has 0 saturated carbocycles. The predicted molar refractivity (Wildman–Crippen MR) is 86.5 cm³/mol. The molecule has 1 aromatic rings. The minimum absolute atomic E-state index is 0.0136. The van der Waals surface area contributed by atoms with E-state index in [4.69, 9.17) is 4.74 Å². The van der Waals surface area contributed by atoms with Crippen LogP contribution < -0.4 is 0 Å². The Morgan fingerprint density at radius 3 is 2.68 bits per heavy atom. The summed E-state index contributed by atoms with van der Waals surface area (Å²) in [5.74, 6) is -3.78. The fourth-order valence-corrected chi connectivity index (χ4v) is 4.63. The van der Waals surface area contributed by atoms with Crippen molar-refractivity contribution in [2.45, 2.75) is 12.8 Å². The number of cyclic esters (lactones) is 1. The first-order valence-electron chi connectivity index (χ1n) is 7.74. The van der Waals surface area contributed by atoms with Crippen molar-refractivity contribution in [1.29, 1.82) is 0 Å². The molecule has 1 aromatic carbocycles. The van der Waals surface area contributed by atoms with E-state index in [-0.39, 0.29) is 41.3 Å². The average Bonchev–Trinajstić information content (AvgIpc) is 3.17. The maximum Gasteiger partial charge on any atom is 0.339 e. The lowest BCUT2D eigenvalue weighted by atomic mass is 9.78. The van der Waals surface area contributed by atoms with Gasteiger partial charge >= 0.3 is 5.97 Å². The third-order valence-corrected chi connectivity index (χ3v) is 5.77. The number of benzene rings is 1. The number of halogens is 2. The second-order valence-electron chi connectivity index (χ2n) is 6.05. The van der Waals surface area contributed by atoms with Crippen molar-refractivity contribution in [2.75, 3.05) is 12.4 Å². The quantitative estimate of drug-likeness (QED) is 0.598. The van der Waals surface area contributed by atoms with Crippen LogP contribution in [0, 0.1) is 17.6 Å². The molecule has 0 fully saturated rings. The van der Waals surface area contributed by atoms with E-state index in [1.54, 1.807) is 0 Å². The molecule has 0 saturated heterocycles. The molecule has 3 aliphatic rings. The van der Waals surface area contributed by atoms with Crippen molar-refractivity contribution in [3.63, 3.8) is 0 Å². The first-order valence-corrected chi connectivity index (χ1v) is 8.73. The van der Waals surface area contributed by atoms with Crippen LogP contribution in [0.1, 0.15) is 18.4 Å². The number of esters is 1. The van der Waals surface area contributed by atoms with Gasteiger partial charge in [0.2, 0.25) is 0 Å². The van der Waals surface area contributed by atoms with Crippen molar-refractivity contribution in [2.24, 2.45) is 5.92 Å². The number of carbonyl (C=O) groups excluding carboxylic acids is 3. The molecule has 2 aliphatic heterocycles. The fourth-order valence-electron chi connectivity index (χ4n) is 3.46. The van der Waals surface area contributed by atoms with Crippen molar-refractivity contribution in [1.82, 2.24) is 0 Å². The standard InChI is InChI=1S/C18H12F2O4S/c19-11-2-1-8(5-12(11)20)15-10(7-24-18(15)23)16-13(21)6-14-9(17(16)22)3-4-25-14/h1-2,5,16H,3-4,6-7H2. The molecule has 1 unspecified atom stereocenters. The van der Waals surface area contributed by atoms with Crippen LogP contribution in [0.2, 0.25) is 0 Å². The summed E-state index contributed by atoms with van der Waals surface area (Å²) in [7, 11) is 0. The third-order valence-electron chi connectivity index (χ3n) is 4.62. The molecule has 4 rings (SSSR count). The van der Waals surface area contributed by atoms with Crippen molar-refractivity contribution < 1.29 is 27.9 Å². The number of carbonyl (C=O) groups is 3. The monoisotopic (exact) mass is 362 g/mol. The first kappa shape index (κ1) is 16.2. The molecule has 1 atom stereocenters. The van der Waals surface area contributed by atoms with E-state index in [9.17, 15) is 23.2 Å². The average molecular weight is 362 g/mol. The summed E-state index contributed by atoms with van der Waals surface area (Å²) in [6.45, 7) is -0.189. The van der Waals surface area contributed by atoms with Gasteiger partial charge < -0.3 is 4.74 Å². The normalized spacial score (nSPS) is 23.4. The van der Waals surface area contributed by atoms with Gasteiger partial charge in [0.25, 0.3) is 0 Å². The molecule has 4 nitrogen and oxygen atoms in total. The molecule has 0 bridgehead atoms. The van der Waals surface area contributed by atoms with Gasteiger partial charge in [-0.2, -0.15) is 0 Å². The Kier molecular flexibility index (Phi) is 3.83. The van der Waals surface area contributed by atoms with E-state index in [2.05, 4.69) is 0 Å². The molecule has 0 amide bonds. The van der Waals surface area contributed by atoms with E-state index < -0.39 is 23.5 Å². The van der Waals surface area contributed by atoms with Crippen molar-refractivity contribution in [3.05, 3.63) is 51.4 Å². The van der Waals surface area contributed by atoms with Gasteiger partial charge in [0.1, 0.15) is 12.5 Å². The number of allylic oxidation sites excluding steroid dienone is 2. The highest BCUT2D eigenvalue weighted by molar-refractivity contribution is 8.03. The maximum atomic E-state index is 13.6. The molecule has 7 heteroatoms. The zero-order chi connectivity index (χ0) is 17.7. The lowest BCUT2D eigenvalue weighted by Crippen LogP contribution is -2.32. The van der Waals surface area contributed by atoms with Crippen LogP contribution >= 0.6 is 11.8 Å². The van der Waals surface area contributed by atoms with Crippen LogP contribution in [0.5, 0.6) is 0 Å². The summed E-state index contributed by atoms with van der Waals surface area (Å²) in [6, 6.07) is 3.03. The van der Waals surface area contributed by atoms with Gasteiger partial charge in [0.05, 0.1) is 5.57 Å². The summed E-state index contributed by atoms with van der Waals surface area (Å²) in [5, 5.41) is 0. The zero-order valence-electron chi connectivity index (χ0n) is 12.9. The Morgan fingerprint density at radius 2 is 1.92 bits per heavy atom. The van der Waals surface area contributed by atoms with Crippen molar-refractivity contribution >= 4 is 34.9 Å². The van der Waals surface area contributed by atoms with E-state index in [0.29, 0.717) is 12.0 Å². The number of Topliss-reactive ketones (excluding diaryl/α,β-unsaturated/α-hetero) is 2. The fraction of sp³-hybridized carbons (Fsp3) is 0.278. The molecule has 0 spiro atoms. The molecule has 0 aromatic heterocycles. The topological polar surface area (TPSA) is 60.4 Å². The predicted octanol–water partition coefficient (Wildman–Crippen LogP) is 2.82. The van der Waals surface area contributed by atoms with Gasteiger partial charge in [-0.3, -0.25) is 9.59 Å². The van der Waals surface area contributed by atoms with E-state index in [0.717, 1.165) is 22.8 Å². The number of ether oxygens (including phenoxy) is 1. The molecular weight excluding hydrogens is 350 g/mol. The number of hydrogen-bond donors (Lipinski definition) is 0. The van der Waals surface area contributed by atoms with E-state index in [1.165, 1.54) is 17.8 Å². The van der Waals surface area contributed by atoms with E-state index in [1.807, 2.05) is 0 Å². The van der Waals surface area contributed by atoms with Crippen molar-refractivity contribution in [3.8, 4) is 0 Å². The largest absolute Gasteiger partial charge is 0.457 e. The molecule has 2 heterocycles. The SMILES string of the molecule is O=C1OCC(C2C(=O)CC3=C(CCS3)C2=O)=C1c1ccc(F)c(F)c1. The van der Waals surface area contributed by atoms with Gasteiger partial charge in [-0.25, -0.2) is 13.6 Å². The lowest BCUT2D eigenvalue weighted by Gasteiger charge is -2.22. The van der Waals surface area contributed by atoms with E-state index >= 15 is 0 Å². The first-order chi connectivity index (χ1) is 12.0. The molecule has 128 valence electrons. The summed E-state index contributed by atoms with van der Waals surface area (Å²) in [6.07, 6.45) is 0.768. The van der Waals surface area contributed by atoms with Gasteiger partial charge in [-0.15, -0.1) is 11.8 Å². The highest BCUT2D eigenvalue weighted by Crippen LogP contribution is 2.43. The number of ketones is 2. The van der Waals surface area contributed by atoms with Gasteiger partial charge in [0, 0.05) is 23.3 Å². The Bertz CT molecular complexity index is 900. The summed E-state index contributed by atoms with van der Waals surface area (Å²) in [5.41, 5.74) is 0.985. The van der Waals surface area contributed by atoms with Crippen LogP contribution in [0.25, 0.3) is 5.57 Å². The lowest BCUT2D eigenvalue weighted by molar-refractivity contribution is -0.135. The summed E-state index contributed by atoms with van der Waals surface area (Å²) in [4.78, 5) is 38.3. The number of thioether (sulfide) groups is 1. The van der Waals surface area contributed by atoms with Crippen LogP contribution in [-0.2, 0) is 19.1 Å². The Labute approximate surface area is 145 Å². The van der Waals surface area contributed by atoms with Gasteiger partial charge in [-0.1, -0.05) is 6.07 Å². The Balaban J connectivity index is 1.83. The Morgan fingerprint density at radius 1 is 1.12 bits per heavy atom. The molecule has 25 heavy (non-hydrogen) atoms. The minimum atomic E-state index is -1.11. The second kappa shape index (κ2) is 5.91. The molecule has 0 radical (unpaired) electrons. The molecule has 0 N–H and O–H groups in total. The number of rotatable bonds is 2. The minimum Gasteiger partial charge on any atom is -0.457 e. The molecule has 1 aliphatic carbocycles. The highest BCUT2D eigenvalue weighted by Gasteiger charge is 2.44. The van der Waals surface area contributed by atoms with Gasteiger partial charge in [0.15, 0.2) is 23.2 Å². The number of hydrogen-bond acceptors (Lipinski definition) is 5. The smallest absolute Gasteiger partial charge is 0.339 e. The highest BCUT2D eigenvalue weighted by atomic mass is 32.2.